The second-order valence-corrected chi connectivity index (χ2v) is 7.54. The molecule has 2 heterocycles. The smallest absolute Gasteiger partial charge is 0.422 e. The van der Waals surface area contributed by atoms with Gasteiger partial charge in [-0.3, -0.25) is 4.31 Å². The fourth-order valence-corrected chi connectivity index (χ4v) is 3.37. The summed E-state index contributed by atoms with van der Waals surface area (Å²) in [5.41, 5.74) is -0.599. The second-order valence-electron chi connectivity index (χ2n) is 5.73. The maximum atomic E-state index is 12.9. The van der Waals surface area contributed by atoms with Gasteiger partial charge >= 0.3 is 12.1 Å². The molecule has 10 heteroatoms. The zero-order valence-corrected chi connectivity index (χ0v) is 15.2. The van der Waals surface area contributed by atoms with Crippen molar-refractivity contribution in [3.05, 3.63) is 70.8 Å². The fourth-order valence-electron chi connectivity index (χ4n) is 2.39. The van der Waals surface area contributed by atoms with Gasteiger partial charge in [-0.15, -0.1) is 0 Å². The van der Waals surface area contributed by atoms with Crippen LogP contribution in [0.3, 0.4) is 0 Å². The van der Waals surface area contributed by atoms with E-state index >= 15 is 0 Å². The molecule has 0 saturated carbocycles. The van der Waals surface area contributed by atoms with Crippen LogP contribution in [0.2, 0.25) is 0 Å². The van der Waals surface area contributed by atoms with Gasteiger partial charge in [-0.2, -0.15) is 13.2 Å². The molecule has 1 aromatic heterocycles. The molecule has 1 aromatic carbocycles. The third-order valence-corrected chi connectivity index (χ3v) is 5.24. The van der Waals surface area contributed by atoms with E-state index in [1.807, 2.05) is 0 Å². The molecule has 0 aliphatic carbocycles. The highest BCUT2D eigenvalue weighted by Crippen LogP contribution is 2.37. The number of rotatable bonds is 3. The highest BCUT2D eigenvalue weighted by molar-refractivity contribution is 7.95. The van der Waals surface area contributed by atoms with Gasteiger partial charge in [-0.25, -0.2) is 18.2 Å². The first-order chi connectivity index (χ1) is 13.1. The van der Waals surface area contributed by atoms with Gasteiger partial charge in [-0.1, -0.05) is 30.3 Å². The number of benzene rings is 1. The summed E-state index contributed by atoms with van der Waals surface area (Å²) < 4.78 is 68.8. The van der Waals surface area contributed by atoms with Gasteiger partial charge in [0.05, 0.1) is 11.0 Å². The molecule has 0 atom stereocenters. The lowest BCUT2D eigenvalue weighted by molar-refractivity contribution is -0.141. The summed E-state index contributed by atoms with van der Waals surface area (Å²) in [5, 5.41) is 0.665. The number of halogens is 3. The molecule has 28 heavy (non-hydrogen) atoms. The van der Waals surface area contributed by atoms with E-state index in [1.54, 1.807) is 30.3 Å². The zero-order valence-electron chi connectivity index (χ0n) is 14.3. The maximum absolute atomic E-state index is 12.9. The Kier molecular flexibility index (Phi) is 4.99. The SMILES string of the molecule is CN1c2nc(C(F)(F)F)ccc2C(OC(=O)/C=C/c2ccccc2)=CS1(=O)=O. The number of alkyl halides is 3. The lowest BCUT2D eigenvalue weighted by Gasteiger charge is -2.25. The average molecular weight is 410 g/mol. The zero-order chi connectivity index (χ0) is 20.5. The van der Waals surface area contributed by atoms with Gasteiger partial charge in [0.2, 0.25) is 0 Å². The first-order valence-electron chi connectivity index (χ1n) is 7.82. The number of aromatic nitrogens is 1. The summed E-state index contributed by atoms with van der Waals surface area (Å²) in [4.78, 5) is 15.4. The van der Waals surface area contributed by atoms with Gasteiger partial charge in [-0.05, 0) is 23.8 Å². The van der Waals surface area contributed by atoms with Crippen molar-refractivity contribution in [3.63, 3.8) is 0 Å². The van der Waals surface area contributed by atoms with Gasteiger partial charge in [0.1, 0.15) is 5.69 Å². The Morgan fingerprint density at radius 2 is 1.82 bits per heavy atom. The van der Waals surface area contributed by atoms with Crippen molar-refractivity contribution in [1.82, 2.24) is 4.98 Å². The molecule has 1 aliphatic heterocycles. The minimum atomic E-state index is -4.75. The quantitative estimate of drug-likeness (QED) is 0.572. The van der Waals surface area contributed by atoms with E-state index in [0.29, 0.717) is 21.3 Å². The predicted molar refractivity (Wildman–Crippen MR) is 96.1 cm³/mol. The Labute approximate surface area is 158 Å². The Hall–Kier alpha value is -3.14. The van der Waals surface area contributed by atoms with Crippen molar-refractivity contribution in [1.29, 1.82) is 0 Å². The third-order valence-electron chi connectivity index (χ3n) is 3.79. The molecule has 0 bridgehead atoms. The Balaban J connectivity index is 1.93. The first kappa shape index (κ1) is 19.6. The molecular weight excluding hydrogens is 397 g/mol. The topological polar surface area (TPSA) is 76.6 Å². The van der Waals surface area contributed by atoms with Crippen molar-refractivity contribution in [2.24, 2.45) is 0 Å². The van der Waals surface area contributed by atoms with Crippen LogP contribution in [0.15, 0.2) is 53.9 Å². The van der Waals surface area contributed by atoms with Crippen molar-refractivity contribution in [2.75, 3.05) is 11.4 Å². The second kappa shape index (κ2) is 7.12. The summed E-state index contributed by atoms with van der Waals surface area (Å²) >= 11 is 0. The van der Waals surface area contributed by atoms with E-state index in [4.69, 9.17) is 4.74 Å². The summed E-state index contributed by atoms with van der Waals surface area (Å²) in [6.45, 7) is 0. The number of anilines is 1. The summed E-state index contributed by atoms with van der Waals surface area (Å²) in [6, 6.07) is 10.5. The van der Waals surface area contributed by atoms with E-state index in [9.17, 15) is 26.4 Å². The van der Waals surface area contributed by atoms with Crippen LogP contribution in [-0.2, 0) is 25.7 Å². The van der Waals surface area contributed by atoms with Crippen LogP contribution in [-0.4, -0.2) is 26.4 Å². The number of carbonyl (C=O) groups excluding carboxylic acids is 1. The highest BCUT2D eigenvalue weighted by atomic mass is 32.2. The van der Waals surface area contributed by atoms with E-state index < -0.39 is 39.4 Å². The Morgan fingerprint density at radius 3 is 2.46 bits per heavy atom. The standard InChI is InChI=1S/C18H13F3N2O4S/c1-23-17-13(8-9-15(22-17)18(19,20)21)14(11-28(23,25)26)27-16(24)10-7-12-5-3-2-4-6-12/h2-11H,1H3/b10-7+. The number of ether oxygens (including phenoxy) is 1. The average Bonchev–Trinajstić information content (AvgIpc) is 2.64. The molecule has 6 nitrogen and oxygen atoms in total. The number of hydrogen-bond acceptors (Lipinski definition) is 5. The van der Waals surface area contributed by atoms with E-state index in [-0.39, 0.29) is 5.56 Å². The normalized spacial score (nSPS) is 15.9. The van der Waals surface area contributed by atoms with Crippen LogP contribution < -0.4 is 4.31 Å². The molecular formula is C18H13F3N2O4S. The van der Waals surface area contributed by atoms with Crippen LogP contribution in [0.4, 0.5) is 19.0 Å². The third kappa shape index (κ3) is 4.06. The number of pyridine rings is 1. The summed E-state index contributed by atoms with van der Waals surface area (Å²) in [5.74, 6) is -1.77. The molecule has 3 rings (SSSR count). The number of nitrogens with zero attached hydrogens (tertiary/aromatic N) is 2. The van der Waals surface area contributed by atoms with Crippen LogP contribution in [0, 0.1) is 0 Å². The number of sulfonamides is 1. The number of fused-ring (bicyclic) bond motifs is 1. The van der Waals surface area contributed by atoms with Crippen LogP contribution >= 0.6 is 0 Å². The Bertz CT molecular complexity index is 1080. The van der Waals surface area contributed by atoms with E-state index in [1.165, 1.54) is 6.08 Å². The van der Waals surface area contributed by atoms with Crippen LogP contribution in [0.5, 0.6) is 0 Å². The maximum Gasteiger partial charge on any atom is 0.433 e. The number of esters is 1. The van der Waals surface area contributed by atoms with Crippen molar-refractivity contribution < 1.29 is 31.1 Å². The number of hydrogen-bond donors (Lipinski definition) is 0. The largest absolute Gasteiger partial charge is 0.433 e. The minimum absolute atomic E-state index is 0.0493. The molecule has 146 valence electrons. The Morgan fingerprint density at radius 1 is 1.14 bits per heavy atom. The summed E-state index contributed by atoms with van der Waals surface area (Å²) in [6.07, 6.45) is -2.22. The molecule has 0 N–H and O–H groups in total. The lowest BCUT2D eigenvalue weighted by atomic mass is 10.2. The van der Waals surface area contributed by atoms with E-state index in [2.05, 4.69) is 4.98 Å². The molecule has 0 fully saturated rings. The molecule has 0 amide bonds. The summed E-state index contributed by atoms with van der Waals surface area (Å²) in [7, 11) is -3.10. The molecule has 0 radical (unpaired) electrons. The van der Waals surface area contributed by atoms with Gasteiger partial charge < -0.3 is 4.74 Å². The van der Waals surface area contributed by atoms with Gasteiger partial charge in [0.25, 0.3) is 10.0 Å². The van der Waals surface area contributed by atoms with Crippen LogP contribution in [0.25, 0.3) is 11.8 Å². The molecule has 0 saturated heterocycles. The van der Waals surface area contributed by atoms with E-state index in [0.717, 1.165) is 19.2 Å². The minimum Gasteiger partial charge on any atom is -0.422 e. The first-order valence-corrected chi connectivity index (χ1v) is 9.32. The van der Waals surface area contributed by atoms with Crippen molar-refractivity contribution >= 4 is 33.6 Å². The van der Waals surface area contributed by atoms with Gasteiger partial charge in [0.15, 0.2) is 11.6 Å². The molecule has 0 spiro atoms. The monoisotopic (exact) mass is 410 g/mol. The number of carbonyl (C=O) groups is 1. The van der Waals surface area contributed by atoms with Crippen molar-refractivity contribution in [3.8, 4) is 0 Å². The molecule has 1 aliphatic rings. The lowest BCUT2D eigenvalue weighted by Crippen LogP contribution is -2.30. The van der Waals surface area contributed by atoms with Crippen LogP contribution in [0.1, 0.15) is 16.8 Å². The van der Waals surface area contributed by atoms with Gasteiger partial charge in [0, 0.05) is 13.1 Å². The molecule has 2 aromatic rings. The highest BCUT2D eigenvalue weighted by Gasteiger charge is 2.37. The predicted octanol–water partition coefficient (Wildman–Crippen LogP) is 3.44. The molecule has 0 unspecified atom stereocenters. The van der Waals surface area contributed by atoms with Crippen molar-refractivity contribution in [2.45, 2.75) is 6.18 Å². The fraction of sp³-hybridized carbons (Fsp3) is 0.111.